The van der Waals surface area contributed by atoms with Gasteiger partial charge in [0.15, 0.2) is 11.5 Å². The molecule has 0 aliphatic carbocycles. The molecule has 3 aromatic rings. The average molecular weight is 481 g/mol. The fourth-order valence-electron chi connectivity index (χ4n) is 3.09. The van der Waals surface area contributed by atoms with Crippen LogP contribution in [0.15, 0.2) is 65.7 Å². The van der Waals surface area contributed by atoms with Crippen LogP contribution in [0.2, 0.25) is 0 Å². The van der Waals surface area contributed by atoms with Gasteiger partial charge in [0.05, 0.1) is 20.3 Å². The number of nitrogens with one attached hydrogen (secondary N) is 2. The van der Waals surface area contributed by atoms with Gasteiger partial charge in [0.2, 0.25) is 0 Å². The van der Waals surface area contributed by atoms with Crippen LogP contribution in [0.3, 0.4) is 0 Å². The van der Waals surface area contributed by atoms with Crippen LogP contribution < -0.4 is 24.8 Å². The van der Waals surface area contributed by atoms with E-state index in [1.165, 1.54) is 11.3 Å². The minimum Gasteiger partial charge on any atom is -0.497 e. The van der Waals surface area contributed by atoms with Gasteiger partial charge in [-0.15, -0.1) is 11.3 Å². The molecular weight excluding hydrogens is 452 g/mol. The summed E-state index contributed by atoms with van der Waals surface area (Å²) >= 11 is 1.47. The Hall–Kier alpha value is -3.78. The number of hydrogen-bond donors (Lipinski definition) is 2. The third-order valence-corrected chi connectivity index (χ3v) is 5.56. The topological polar surface area (TPSA) is 85.9 Å². The van der Waals surface area contributed by atoms with Crippen LogP contribution in [-0.2, 0) is 11.3 Å². The van der Waals surface area contributed by atoms with Crippen LogP contribution in [0, 0.1) is 0 Å². The normalized spacial score (nSPS) is 11.0. The second-order valence-electron chi connectivity index (χ2n) is 7.09. The molecule has 2 amide bonds. The Balaban J connectivity index is 1.74. The number of rotatable bonds is 11. The maximum Gasteiger partial charge on any atom is 0.268 e. The third kappa shape index (κ3) is 6.86. The monoisotopic (exact) mass is 480 g/mol. The quantitative estimate of drug-likeness (QED) is 0.391. The Kier molecular flexibility index (Phi) is 9.11. The molecular formula is C26H28N2O5S. The zero-order valence-electron chi connectivity index (χ0n) is 19.4. The number of carbonyl (C=O) groups is 2. The van der Waals surface area contributed by atoms with Gasteiger partial charge in [0.1, 0.15) is 11.4 Å². The average Bonchev–Trinajstić information content (AvgIpc) is 3.37. The fraction of sp³-hybridized carbons (Fsp3) is 0.231. The molecule has 0 spiro atoms. The largest absolute Gasteiger partial charge is 0.497 e. The van der Waals surface area contributed by atoms with Crippen molar-refractivity contribution in [3.63, 3.8) is 0 Å². The molecule has 2 N–H and O–H groups in total. The summed E-state index contributed by atoms with van der Waals surface area (Å²) in [6.45, 7) is 5.09. The summed E-state index contributed by atoms with van der Waals surface area (Å²) < 4.78 is 16.4. The highest BCUT2D eigenvalue weighted by molar-refractivity contribution is 7.10. The molecule has 1 aromatic heterocycles. The molecule has 7 nitrogen and oxygen atoms in total. The van der Waals surface area contributed by atoms with Crippen molar-refractivity contribution >= 4 is 29.2 Å². The van der Waals surface area contributed by atoms with E-state index in [1.54, 1.807) is 37.5 Å². The van der Waals surface area contributed by atoms with Crippen molar-refractivity contribution in [3.05, 3.63) is 81.7 Å². The van der Waals surface area contributed by atoms with Crippen molar-refractivity contribution in [2.24, 2.45) is 0 Å². The Morgan fingerprint density at radius 3 is 2.35 bits per heavy atom. The van der Waals surface area contributed by atoms with E-state index in [2.05, 4.69) is 10.6 Å². The van der Waals surface area contributed by atoms with Crippen LogP contribution >= 0.6 is 11.3 Å². The maximum atomic E-state index is 13.0. The van der Waals surface area contributed by atoms with Crippen molar-refractivity contribution in [2.45, 2.75) is 20.4 Å². The highest BCUT2D eigenvalue weighted by Gasteiger charge is 2.16. The van der Waals surface area contributed by atoms with Crippen LogP contribution in [0.25, 0.3) is 6.08 Å². The Labute approximate surface area is 203 Å². The van der Waals surface area contributed by atoms with Gasteiger partial charge in [0, 0.05) is 17.0 Å². The molecule has 0 aliphatic rings. The number of benzene rings is 2. The Morgan fingerprint density at radius 2 is 1.71 bits per heavy atom. The summed E-state index contributed by atoms with van der Waals surface area (Å²) in [4.78, 5) is 26.6. The van der Waals surface area contributed by atoms with Gasteiger partial charge in [0.25, 0.3) is 11.8 Å². The Bertz CT molecular complexity index is 1120. The van der Waals surface area contributed by atoms with Crippen LogP contribution in [0.4, 0.5) is 0 Å². The lowest BCUT2D eigenvalue weighted by Gasteiger charge is -2.14. The van der Waals surface area contributed by atoms with Gasteiger partial charge >= 0.3 is 0 Å². The van der Waals surface area contributed by atoms with Crippen LogP contribution in [0.5, 0.6) is 17.2 Å². The fourth-order valence-corrected chi connectivity index (χ4v) is 3.75. The second kappa shape index (κ2) is 12.5. The number of hydrogen-bond acceptors (Lipinski definition) is 6. The van der Waals surface area contributed by atoms with Crippen molar-refractivity contribution in [1.82, 2.24) is 10.6 Å². The SMILES string of the molecule is CCOc1ccc(CNC(=O)/C(=C/c2cccs2)NC(=O)c2ccc(OC)cc2)cc1OCC. The van der Waals surface area contributed by atoms with Gasteiger partial charge in [-0.2, -0.15) is 0 Å². The minimum atomic E-state index is -0.401. The zero-order chi connectivity index (χ0) is 24.3. The highest BCUT2D eigenvalue weighted by Crippen LogP contribution is 2.28. The van der Waals surface area contributed by atoms with Crippen LogP contribution in [-0.4, -0.2) is 32.1 Å². The molecule has 34 heavy (non-hydrogen) atoms. The minimum absolute atomic E-state index is 0.152. The van der Waals surface area contributed by atoms with E-state index < -0.39 is 5.91 Å². The van der Waals surface area contributed by atoms with Gasteiger partial charge in [-0.3, -0.25) is 9.59 Å². The van der Waals surface area contributed by atoms with Crippen molar-refractivity contribution < 1.29 is 23.8 Å². The molecule has 2 aromatic carbocycles. The first-order valence-corrected chi connectivity index (χ1v) is 11.8. The van der Waals surface area contributed by atoms with E-state index in [-0.39, 0.29) is 18.1 Å². The molecule has 0 unspecified atom stereocenters. The predicted octanol–water partition coefficient (Wildman–Crippen LogP) is 4.64. The number of carbonyl (C=O) groups excluding carboxylic acids is 2. The van der Waals surface area contributed by atoms with Crippen molar-refractivity contribution in [2.75, 3.05) is 20.3 Å². The first-order valence-electron chi connectivity index (χ1n) is 10.9. The van der Waals surface area contributed by atoms with Gasteiger partial charge in [-0.05, 0) is 73.3 Å². The third-order valence-electron chi connectivity index (χ3n) is 4.74. The van der Waals surface area contributed by atoms with Crippen molar-refractivity contribution in [3.8, 4) is 17.2 Å². The smallest absolute Gasteiger partial charge is 0.268 e. The van der Waals surface area contributed by atoms with E-state index in [0.29, 0.717) is 36.0 Å². The summed E-state index contributed by atoms with van der Waals surface area (Å²) in [5.41, 5.74) is 1.41. The lowest BCUT2D eigenvalue weighted by atomic mass is 10.2. The molecule has 178 valence electrons. The second-order valence-corrected chi connectivity index (χ2v) is 8.07. The van der Waals surface area contributed by atoms with E-state index in [0.717, 1.165) is 10.4 Å². The van der Waals surface area contributed by atoms with Gasteiger partial charge < -0.3 is 24.8 Å². The van der Waals surface area contributed by atoms with E-state index in [9.17, 15) is 9.59 Å². The number of ether oxygens (including phenoxy) is 3. The first kappa shape index (κ1) is 24.9. The van der Waals surface area contributed by atoms with E-state index in [4.69, 9.17) is 14.2 Å². The summed E-state index contributed by atoms with van der Waals surface area (Å²) in [6, 6.07) is 16.0. The molecule has 0 saturated carbocycles. The summed E-state index contributed by atoms with van der Waals surface area (Å²) in [6.07, 6.45) is 1.66. The van der Waals surface area contributed by atoms with E-state index >= 15 is 0 Å². The molecule has 0 bridgehead atoms. The standard InChI is InChI=1S/C26H28N2O5S/c1-4-32-23-13-8-18(15-24(23)33-5-2)17-27-26(30)22(16-21-7-6-14-34-21)28-25(29)19-9-11-20(31-3)12-10-19/h6-16H,4-5,17H2,1-3H3,(H,27,30)(H,28,29)/b22-16-. The number of methoxy groups -OCH3 is 1. The molecule has 8 heteroatoms. The molecule has 0 radical (unpaired) electrons. The first-order chi connectivity index (χ1) is 16.5. The summed E-state index contributed by atoms with van der Waals surface area (Å²) in [5, 5.41) is 7.51. The molecule has 1 heterocycles. The number of amides is 2. The molecule has 0 saturated heterocycles. The van der Waals surface area contributed by atoms with E-state index in [1.807, 2.05) is 49.6 Å². The summed E-state index contributed by atoms with van der Waals surface area (Å²) in [7, 11) is 1.56. The number of thiophene rings is 1. The van der Waals surface area contributed by atoms with Gasteiger partial charge in [-0.25, -0.2) is 0 Å². The van der Waals surface area contributed by atoms with Crippen LogP contribution in [0.1, 0.15) is 34.6 Å². The molecule has 3 rings (SSSR count). The highest BCUT2D eigenvalue weighted by atomic mass is 32.1. The van der Waals surface area contributed by atoms with Crippen molar-refractivity contribution in [1.29, 1.82) is 0 Å². The lowest BCUT2D eigenvalue weighted by molar-refractivity contribution is -0.117. The maximum absolute atomic E-state index is 13.0. The lowest BCUT2D eigenvalue weighted by Crippen LogP contribution is -2.34. The summed E-state index contributed by atoms with van der Waals surface area (Å²) in [5.74, 6) is 1.13. The predicted molar refractivity (Wildman–Crippen MR) is 133 cm³/mol. The van der Waals surface area contributed by atoms with Gasteiger partial charge in [-0.1, -0.05) is 12.1 Å². The zero-order valence-corrected chi connectivity index (χ0v) is 20.2. The molecule has 0 aliphatic heterocycles. The molecule has 0 fully saturated rings. The molecule has 0 atom stereocenters. The Morgan fingerprint density at radius 1 is 0.971 bits per heavy atom.